The van der Waals surface area contributed by atoms with Crippen LogP contribution in [-0.2, 0) is 4.74 Å². The first-order chi connectivity index (χ1) is 7.04. The Balaban J connectivity index is 2.82. The maximum atomic E-state index is 11.7. The molecule has 0 saturated heterocycles. The van der Waals surface area contributed by atoms with E-state index in [4.69, 9.17) is 10.5 Å². The highest BCUT2D eigenvalue weighted by atomic mass is 16.5. The first kappa shape index (κ1) is 11.6. The fraction of sp³-hybridized carbons (Fsp3) is 0.417. The molecule has 1 aromatic rings. The van der Waals surface area contributed by atoms with Crippen LogP contribution in [0.2, 0.25) is 0 Å². The lowest BCUT2D eigenvalue weighted by Gasteiger charge is -2.12. The summed E-state index contributed by atoms with van der Waals surface area (Å²) in [6, 6.07) is 5.18. The fourth-order valence-electron chi connectivity index (χ4n) is 1.25. The Kier molecular flexibility index (Phi) is 3.72. The molecule has 1 rings (SSSR count). The van der Waals surface area contributed by atoms with Crippen LogP contribution in [0.5, 0.6) is 0 Å². The van der Waals surface area contributed by atoms with Gasteiger partial charge in [0.1, 0.15) is 0 Å². The number of aryl methyl sites for hydroxylation is 1. The van der Waals surface area contributed by atoms with Crippen LogP contribution in [0.25, 0.3) is 0 Å². The van der Waals surface area contributed by atoms with Crippen molar-refractivity contribution in [3.8, 4) is 0 Å². The second-order valence-electron chi connectivity index (χ2n) is 3.70. The van der Waals surface area contributed by atoms with Gasteiger partial charge in [0.2, 0.25) is 0 Å². The highest BCUT2D eigenvalue weighted by Gasteiger charge is 2.12. The fourth-order valence-corrected chi connectivity index (χ4v) is 1.25. The molecule has 0 saturated carbocycles. The second kappa shape index (κ2) is 4.82. The second-order valence-corrected chi connectivity index (χ2v) is 3.70. The molecule has 0 radical (unpaired) electrons. The number of hydrogen-bond donors (Lipinski definition) is 1. The average molecular weight is 207 g/mol. The van der Waals surface area contributed by atoms with E-state index in [0.29, 0.717) is 11.3 Å². The van der Waals surface area contributed by atoms with Gasteiger partial charge in [-0.25, -0.2) is 4.79 Å². The highest BCUT2D eigenvalue weighted by molar-refractivity contribution is 5.91. The maximum Gasteiger partial charge on any atom is 0.338 e. The molecule has 1 aromatic carbocycles. The van der Waals surface area contributed by atoms with Crippen molar-refractivity contribution in [1.82, 2.24) is 0 Å². The minimum atomic E-state index is -0.276. The Hall–Kier alpha value is -1.51. The number of carbonyl (C=O) groups excluding carboxylic acids is 1. The van der Waals surface area contributed by atoms with Gasteiger partial charge in [-0.05, 0) is 44.0 Å². The van der Waals surface area contributed by atoms with Gasteiger partial charge in [0.25, 0.3) is 0 Å². The zero-order valence-corrected chi connectivity index (χ0v) is 9.41. The molecule has 0 heterocycles. The van der Waals surface area contributed by atoms with Crippen LogP contribution in [0.1, 0.15) is 36.2 Å². The molecule has 0 aliphatic heterocycles. The van der Waals surface area contributed by atoms with Gasteiger partial charge in [-0.1, -0.05) is 6.92 Å². The van der Waals surface area contributed by atoms with E-state index in [1.54, 1.807) is 18.2 Å². The quantitative estimate of drug-likeness (QED) is 0.612. The zero-order valence-electron chi connectivity index (χ0n) is 9.41. The van der Waals surface area contributed by atoms with Crippen molar-refractivity contribution in [1.29, 1.82) is 0 Å². The summed E-state index contributed by atoms with van der Waals surface area (Å²) in [5, 5.41) is 0. The molecular weight excluding hydrogens is 190 g/mol. The lowest BCUT2D eigenvalue weighted by Crippen LogP contribution is -2.15. The summed E-state index contributed by atoms with van der Waals surface area (Å²) in [5.74, 6) is -0.276. The van der Waals surface area contributed by atoms with E-state index in [9.17, 15) is 4.79 Å². The van der Waals surface area contributed by atoms with Crippen LogP contribution < -0.4 is 5.73 Å². The van der Waals surface area contributed by atoms with Crippen molar-refractivity contribution < 1.29 is 9.53 Å². The number of rotatable bonds is 3. The van der Waals surface area contributed by atoms with Crippen molar-refractivity contribution in [3.05, 3.63) is 29.3 Å². The van der Waals surface area contributed by atoms with E-state index in [1.807, 2.05) is 20.8 Å². The van der Waals surface area contributed by atoms with E-state index in [0.717, 1.165) is 12.0 Å². The number of esters is 1. The summed E-state index contributed by atoms with van der Waals surface area (Å²) in [5.41, 5.74) is 7.70. The largest absolute Gasteiger partial charge is 0.459 e. The van der Waals surface area contributed by atoms with Gasteiger partial charge in [-0.2, -0.15) is 0 Å². The van der Waals surface area contributed by atoms with Crippen LogP contribution in [0.15, 0.2) is 18.2 Å². The SMILES string of the molecule is CCC(C)OC(=O)c1ccc(N)cc1C. The highest BCUT2D eigenvalue weighted by Crippen LogP contribution is 2.14. The summed E-state index contributed by atoms with van der Waals surface area (Å²) < 4.78 is 5.23. The molecule has 3 heteroatoms. The number of nitrogen functional groups attached to an aromatic ring is 1. The number of anilines is 1. The predicted molar refractivity (Wildman–Crippen MR) is 60.8 cm³/mol. The molecule has 0 amide bonds. The van der Waals surface area contributed by atoms with Crippen LogP contribution in [0.4, 0.5) is 5.69 Å². The van der Waals surface area contributed by atoms with E-state index in [2.05, 4.69) is 0 Å². The molecule has 0 aliphatic rings. The summed E-state index contributed by atoms with van der Waals surface area (Å²) >= 11 is 0. The number of ether oxygens (including phenoxy) is 1. The summed E-state index contributed by atoms with van der Waals surface area (Å²) in [4.78, 5) is 11.7. The van der Waals surface area contributed by atoms with Crippen LogP contribution in [0.3, 0.4) is 0 Å². The van der Waals surface area contributed by atoms with Gasteiger partial charge in [0, 0.05) is 5.69 Å². The summed E-state index contributed by atoms with van der Waals surface area (Å²) in [6.07, 6.45) is 0.772. The minimum Gasteiger partial charge on any atom is -0.459 e. The Morgan fingerprint density at radius 1 is 1.53 bits per heavy atom. The van der Waals surface area contributed by atoms with E-state index < -0.39 is 0 Å². The van der Waals surface area contributed by atoms with Gasteiger partial charge in [-0.15, -0.1) is 0 Å². The molecule has 0 bridgehead atoms. The molecule has 15 heavy (non-hydrogen) atoms. The van der Waals surface area contributed by atoms with E-state index in [1.165, 1.54) is 0 Å². The Bertz CT molecular complexity index is 361. The van der Waals surface area contributed by atoms with E-state index >= 15 is 0 Å². The molecule has 0 fully saturated rings. The summed E-state index contributed by atoms with van der Waals surface area (Å²) in [7, 11) is 0. The van der Waals surface area contributed by atoms with Crippen molar-refractivity contribution in [2.75, 3.05) is 5.73 Å². The van der Waals surface area contributed by atoms with E-state index in [-0.39, 0.29) is 12.1 Å². The number of nitrogens with two attached hydrogens (primary N) is 1. The van der Waals surface area contributed by atoms with Crippen molar-refractivity contribution in [2.24, 2.45) is 0 Å². The molecule has 0 spiro atoms. The molecule has 1 atom stereocenters. The molecule has 0 aliphatic carbocycles. The molecule has 2 N–H and O–H groups in total. The third kappa shape index (κ3) is 2.98. The lowest BCUT2D eigenvalue weighted by atomic mass is 10.1. The van der Waals surface area contributed by atoms with Gasteiger partial charge < -0.3 is 10.5 Å². The van der Waals surface area contributed by atoms with Crippen molar-refractivity contribution in [3.63, 3.8) is 0 Å². The smallest absolute Gasteiger partial charge is 0.338 e. The molecular formula is C12H17NO2. The van der Waals surface area contributed by atoms with Gasteiger partial charge in [0.05, 0.1) is 11.7 Å². The van der Waals surface area contributed by atoms with Crippen molar-refractivity contribution >= 4 is 11.7 Å². The Labute approximate surface area is 90.2 Å². The van der Waals surface area contributed by atoms with Crippen LogP contribution in [0, 0.1) is 6.92 Å². The maximum absolute atomic E-state index is 11.7. The minimum absolute atomic E-state index is 0.0468. The first-order valence-electron chi connectivity index (χ1n) is 5.11. The lowest BCUT2D eigenvalue weighted by molar-refractivity contribution is 0.0333. The van der Waals surface area contributed by atoms with Gasteiger partial charge >= 0.3 is 5.97 Å². The molecule has 0 aromatic heterocycles. The molecule has 1 unspecified atom stereocenters. The molecule has 3 nitrogen and oxygen atoms in total. The predicted octanol–water partition coefficient (Wildman–Crippen LogP) is 2.53. The summed E-state index contributed by atoms with van der Waals surface area (Å²) in [6.45, 7) is 5.71. The third-order valence-electron chi connectivity index (χ3n) is 2.35. The normalized spacial score (nSPS) is 12.2. The first-order valence-corrected chi connectivity index (χ1v) is 5.11. The standard InChI is InChI=1S/C12H17NO2/c1-4-9(3)15-12(14)11-6-5-10(13)7-8(11)2/h5-7,9H,4,13H2,1-3H3. The average Bonchev–Trinajstić information content (AvgIpc) is 2.17. The Morgan fingerprint density at radius 3 is 2.73 bits per heavy atom. The monoisotopic (exact) mass is 207 g/mol. The number of carbonyl (C=O) groups is 1. The Morgan fingerprint density at radius 2 is 2.20 bits per heavy atom. The zero-order chi connectivity index (χ0) is 11.4. The van der Waals surface area contributed by atoms with Gasteiger partial charge in [-0.3, -0.25) is 0 Å². The topological polar surface area (TPSA) is 52.3 Å². The number of benzene rings is 1. The van der Waals surface area contributed by atoms with Gasteiger partial charge in [0.15, 0.2) is 0 Å². The third-order valence-corrected chi connectivity index (χ3v) is 2.35. The molecule has 82 valence electrons. The van der Waals surface area contributed by atoms with Crippen LogP contribution in [-0.4, -0.2) is 12.1 Å². The number of hydrogen-bond acceptors (Lipinski definition) is 3. The van der Waals surface area contributed by atoms with Crippen molar-refractivity contribution in [2.45, 2.75) is 33.3 Å². The van der Waals surface area contributed by atoms with Crippen LogP contribution >= 0.6 is 0 Å².